The fourth-order valence-electron chi connectivity index (χ4n) is 0.999. The molecule has 0 atom stereocenters. The van der Waals surface area contributed by atoms with Gasteiger partial charge in [0.25, 0.3) is 5.24 Å². The maximum atomic E-state index is 10.9. The van der Waals surface area contributed by atoms with Gasteiger partial charge in [0.05, 0.1) is 5.56 Å². The fraction of sp³-hybridized carbons (Fsp3) is 0.222. The normalized spacial score (nSPS) is 9.50. The largest absolute Gasteiger partial charge is 0.385 e. The molecule has 1 rings (SSSR count). The number of benzene rings is 1. The van der Waals surface area contributed by atoms with Crippen LogP contribution in [-0.2, 0) is 0 Å². The molecule has 1 aromatic rings. The summed E-state index contributed by atoms with van der Waals surface area (Å²) in [4.78, 5) is 10.9. The van der Waals surface area contributed by atoms with Crippen molar-refractivity contribution in [1.82, 2.24) is 0 Å². The van der Waals surface area contributed by atoms with E-state index in [1.54, 1.807) is 12.1 Å². The molecule has 0 aliphatic heterocycles. The standard InChI is InChI=1S/C9H10ClNO/c1-2-11-8-6-4-3-5-7(8)9(10)12/h3-6,11H,2H2,1H3. The molecule has 0 saturated heterocycles. The number of hydrogen-bond donors (Lipinski definition) is 1. The number of nitrogens with one attached hydrogen (secondary N) is 1. The van der Waals surface area contributed by atoms with Gasteiger partial charge in [-0.3, -0.25) is 4.79 Å². The molecule has 0 aliphatic carbocycles. The molecule has 0 bridgehead atoms. The number of hydrogen-bond acceptors (Lipinski definition) is 2. The summed E-state index contributed by atoms with van der Waals surface area (Å²) in [5.74, 6) is 0. The van der Waals surface area contributed by atoms with E-state index in [1.165, 1.54) is 0 Å². The zero-order valence-electron chi connectivity index (χ0n) is 6.80. The summed E-state index contributed by atoms with van der Waals surface area (Å²) in [5.41, 5.74) is 1.32. The smallest absolute Gasteiger partial charge is 0.254 e. The van der Waals surface area contributed by atoms with Crippen LogP contribution in [-0.4, -0.2) is 11.8 Å². The number of para-hydroxylation sites is 1. The highest BCUT2D eigenvalue weighted by atomic mass is 35.5. The third kappa shape index (κ3) is 1.98. The van der Waals surface area contributed by atoms with Crippen molar-refractivity contribution in [2.75, 3.05) is 11.9 Å². The lowest BCUT2D eigenvalue weighted by molar-refractivity contribution is 0.108. The van der Waals surface area contributed by atoms with Gasteiger partial charge in [0.15, 0.2) is 0 Å². The Morgan fingerprint density at radius 1 is 1.50 bits per heavy atom. The van der Waals surface area contributed by atoms with Crippen LogP contribution in [0.3, 0.4) is 0 Å². The Morgan fingerprint density at radius 2 is 2.17 bits per heavy atom. The summed E-state index contributed by atoms with van der Waals surface area (Å²) in [6.07, 6.45) is 0. The number of halogens is 1. The van der Waals surface area contributed by atoms with Crippen molar-refractivity contribution in [3.8, 4) is 0 Å². The number of anilines is 1. The molecule has 0 saturated carbocycles. The van der Waals surface area contributed by atoms with Crippen LogP contribution in [0.2, 0.25) is 0 Å². The maximum Gasteiger partial charge on any atom is 0.254 e. The molecular weight excluding hydrogens is 174 g/mol. The van der Waals surface area contributed by atoms with Crippen molar-refractivity contribution >= 4 is 22.5 Å². The summed E-state index contributed by atoms with van der Waals surface area (Å²) >= 11 is 5.37. The van der Waals surface area contributed by atoms with Crippen molar-refractivity contribution in [3.63, 3.8) is 0 Å². The summed E-state index contributed by atoms with van der Waals surface area (Å²) in [5, 5.41) is 2.63. The van der Waals surface area contributed by atoms with E-state index in [0.29, 0.717) is 5.56 Å². The van der Waals surface area contributed by atoms with Crippen molar-refractivity contribution in [2.24, 2.45) is 0 Å². The second kappa shape index (κ2) is 4.12. The van der Waals surface area contributed by atoms with Crippen LogP contribution in [0.25, 0.3) is 0 Å². The Morgan fingerprint density at radius 3 is 2.75 bits per heavy atom. The van der Waals surface area contributed by atoms with E-state index in [1.807, 2.05) is 19.1 Å². The van der Waals surface area contributed by atoms with Gasteiger partial charge in [-0.1, -0.05) is 12.1 Å². The minimum absolute atomic E-state index is 0.424. The molecule has 0 radical (unpaired) electrons. The van der Waals surface area contributed by atoms with Crippen LogP contribution in [0.4, 0.5) is 5.69 Å². The fourth-order valence-corrected chi connectivity index (χ4v) is 1.16. The lowest BCUT2D eigenvalue weighted by atomic mass is 10.2. The van der Waals surface area contributed by atoms with Gasteiger partial charge in [0.1, 0.15) is 0 Å². The zero-order chi connectivity index (χ0) is 8.97. The number of rotatable bonds is 3. The lowest BCUT2D eigenvalue weighted by Gasteiger charge is -2.05. The SMILES string of the molecule is CCNc1ccccc1C(=O)Cl. The topological polar surface area (TPSA) is 29.1 Å². The van der Waals surface area contributed by atoms with Gasteiger partial charge in [-0.05, 0) is 30.7 Å². The molecular formula is C9H10ClNO. The van der Waals surface area contributed by atoms with Gasteiger partial charge in [-0.2, -0.15) is 0 Å². The predicted octanol–water partition coefficient (Wildman–Crippen LogP) is 2.50. The molecule has 3 heteroatoms. The molecule has 1 N–H and O–H groups in total. The number of carbonyl (C=O) groups is 1. The predicted molar refractivity (Wildman–Crippen MR) is 50.8 cm³/mol. The minimum atomic E-state index is -0.424. The van der Waals surface area contributed by atoms with Gasteiger partial charge >= 0.3 is 0 Å². The van der Waals surface area contributed by atoms with Gasteiger partial charge in [0, 0.05) is 12.2 Å². The van der Waals surface area contributed by atoms with Gasteiger partial charge in [-0.15, -0.1) is 0 Å². The van der Waals surface area contributed by atoms with Crippen molar-refractivity contribution in [3.05, 3.63) is 29.8 Å². The quantitative estimate of drug-likeness (QED) is 0.730. The molecule has 64 valence electrons. The van der Waals surface area contributed by atoms with Gasteiger partial charge in [0.2, 0.25) is 0 Å². The van der Waals surface area contributed by atoms with E-state index in [9.17, 15) is 4.79 Å². The Kier molecular flexibility index (Phi) is 3.11. The third-order valence-corrected chi connectivity index (χ3v) is 1.71. The molecule has 0 fully saturated rings. The summed E-state index contributed by atoms with van der Waals surface area (Å²) in [6.45, 7) is 2.75. The highest BCUT2D eigenvalue weighted by Crippen LogP contribution is 2.16. The van der Waals surface area contributed by atoms with E-state index in [-0.39, 0.29) is 0 Å². The first kappa shape index (κ1) is 9.07. The second-order valence-electron chi connectivity index (χ2n) is 2.35. The second-order valence-corrected chi connectivity index (χ2v) is 2.69. The molecule has 12 heavy (non-hydrogen) atoms. The molecule has 0 aromatic heterocycles. The first-order valence-corrected chi connectivity index (χ1v) is 4.16. The van der Waals surface area contributed by atoms with Crippen molar-refractivity contribution in [1.29, 1.82) is 0 Å². The van der Waals surface area contributed by atoms with E-state index in [0.717, 1.165) is 12.2 Å². The Balaban J connectivity index is 3.00. The molecule has 0 unspecified atom stereocenters. The Labute approximate surface area is 76.5 Å². The van der Waals surface area contributed by atoms with Crippen LogP contribution >= 0.6 is 11.6 Å². The molecule has 0 spiro atoms. The molecule has 0 amide bonds. The monoisotopic (exact) mass is 183 g/mol. The molecule has 0 aliphatic rings. The zero-order valence-corrected chi connectivity index (χ0v) is 7.56. The van der Waals surface area contributed by atoms with Crippen molar-refractivity contribution in [2.45, 2.75) is 6.92 Å². The minimum Gasteiger partial charge on any atom is -0.385 e. The average molecular weight is 184 g/mol. The van der Waals surface area contributed by atoms with E-state index < -0.39 is 5.24 Å². The summed E-state index contributed by atoms with van der Waals surface area (Å²) in [7, 11) is 0. The first-order valence-electron chi connectivity index (χ1n) is 3.78. The van der Waals surface area contributed by atoms with Crippen LogP contribution in [0.15, 0.2) is 24.3 Å². The summed E-state index contributed by atoms with van der Waals surface area (Å²) < 4.78 is 0. The highest BCUT2D eigenvalue weighted by Gasteiger charge is 2.05. The lowest BCUT2D eigenvalue weighted by Crippen LogP contribution is -2.02. The first-order chi connectivity index (χ1) is 5.75. The van der Waals surface area contributed by atoms with Gasteiger partial charge in [-0.25, -0.2) is 0 Å². The van der Waals surface area contributed by atoms with Gasteiger partial charge < -0.3 is 5.32 Å². The maximum absolute atomic E-state index is 10.9. The molecule has 0 heterocycles. The van der Waals surface area contributed by atoms with E-state index in [4.69, 9.17) is 11.6 Å². The number of carbonyl (C=O) groups excluding carboxylic acids is 1. The Bertz CT molecular complexity index is 286. The summed E-state index contributed by atoms with van der Waals surface area (Å²) in [6, 6.07) is 7.18. The van der Waals surface area contributed by atoms with Crippen LogP contribution in [0.1, 0.15) is 17.3 Å². The third-order valence-electron chi connectivity index (χ3n) is 1.51. The molecule has 1 aromatic carbocycles. The van der Waals surface area contributed by atoms with E-state index in [2.05, 4.69) is 5.32 Å². The van der Waals surface area contributed by atoms with E-state index >= 15 is 0 Å². The van der Waals surface area contributed by atoms with Crippen LogP contribution < -0.4 is 5.32 Å². The van der Waals surface area contributed by atoms with Crippen LogP contribution in [0.5, 0.6) is 0 Å². The Hall–Kier alpha value is -1.02. The highest BCUT2D eigenvalue weighted by molar-refractivity contribution is 6.68. The van der Waals surface area contributed by atoms with Crippen LogP contribution in [0, 0.1) is 0 Å². The average Bonchev–Trinajstić information content (AvgIpc) is 2.05. The van der Waals surface area contributed by atoms with Crippen molar-refractivity contribution < 1.29 is 4.79 Å². The molecule has 2 nitrogen and oxygen atoms in total.